The van der Waals surface area contributed by atoms with Crippen molar-refractivity contribution >= 4 is 42.9 Å². The first kappa shape index (κ1) is 12.5. The van der Waals surface area contributed by atoms with E-state index in [0.29, 0.717) is 0 Å². The number of thiophene rings is 1. The lowest BCUT2D eigenvalue weighted by atomic mass is 10.2. The molecule has 108 valence electrons. The molecule has 0 bridgehead atoms. The van der Waals surface area contributed by atoms with Gasteiger partial charge in [0.15, 0.2) is 0 Å². The number of para-hydroxylation sites is 1. The van der Waals surface area contributed by atoms with Gasteiger partial charge in [-0.25, -0.2) is 24.9 Å². The van der Waals surface area contributed by atoms with Crippen LogP contribution in [0.15, 0.2) is 55.0 Å². The highest BCUT2D eigenvalue weighted by molar-refractivity contribution is 7.24. The summed E-state index contributed by atoms with van der Waals surface area (Å²) in [5.41, 5.74) is 4.07. The number of fused-ring (bicyclic) bond motifs is 4. The van der Waals surface area contributed by atoms with E-state index in [1.165, 1.54) is 11.3 Å². The monoisotopic (exact) mass is 315 g/mol. The first-order chi connectivity index (χ1) is 11.4. The molecule has 5 nitrogen and oxygen atoms in total. The number of pyridine rings is 1. The molecule has 0 saturated carbocycles. The minimum atomic E-state index is 0.744. The van der Waals surface area contributed by atoms with Crippen molar-refractivity contribution < 1.29 is 0 Å². The SMILES string of the molecule is c1ccc2nc(-c3cnc4sc5nccnc5c4n3)ccc2c1. The Hall–Kier alpha value is -2.99. The summed E-state index contributed by atoms with van der Waals surface area (Å²) >= 11 is 1.50. The van der Waals surface area contributed by atoms with E-state index in [9.17, 15) is 0 Å². The molecule has 5 aromatic rings. The van der Waals surface area contributed by atoms with Gasteiger partial charge in [-0.05, 0) is 12.1 Å². The molecule has 0 fully saturated rings. The average molecular weight is 315 g/mol. The van der Waals surface area contributed by atoms with Gasteiger partial charge in [-0.2, -0.15) is 0 Å². The summed E-state index contributed by atoms with van der Waals surface area (Å²) in [4.78, 5) is 24.3. The van der Waals surface area contributed by atoms with Crippen LogP contribution in [0.5, 0.6) is 0 Å². The molecule has 4 heterocycles. The smallest absolute Gasteiger partial charge is 0.146 e. The van der Waals surface area contributed by atoms with Gasteiger partial charge < -0.3 is 0 Å². The highest BCUT2D eigenvalue weighted by atomic mass is 32.1. The molecule has 4 aromatic heterocycles. The molecule has 0 aliphatic carbocycles. The van der Waals surface area contributed by atoms with E-state index in [0.717, 1.165) is 43.0 Å². The van der Waals surface area contributed by atoms with Crippen LogP contribution in [0, 0.1) is 0 Å². The molecule has 0 saturated heterocycles. The molecule has 0 amide bonds. The third kappa shape index (κ3) is 1.96. The number of nitrogens with zero attached hydrogens (tertiary/aromatic N) is 5. The second-order valence-electron chi connectivity index (χ2n) is 5.11. The van der Waals surface area contributed by atoms with Crippen LogP contribution in [0.3, 0.4) is 0 Å². The molecule has 0 aliphatic heterocycles. The zero-order valence-electron chi connectivity index (χ0n) is 11.8. The Bertz CT molecular complexity index is 1180. The normalized spacial score (nSPS) is 11.5. The van der Waals surface area contributed by atoms with Crippen molar-refractivity contribution in [3.05, 3.63) is 55.0 Å². The first-order valence-electron chi connectivity index (χ1n) is 7.11. The number of hydrogen-bond donors (Lipinski definition) is 0. The fourth-order valence-corrected chi connectivity index (χ4v) is 3.48. The highest BCUT2D eigenvalue weighted by Gasteiger charge is 2.12. The van der Waals surface area contributed by atoms with E-state index in [1.54, 1.807) is 18.6 Å². The zero-order chi connectivity index (χ0) is 15.2. The maximum absolute atomic E-state index is 4.72. The molecule has 0 N–H and O–H groups in total. The maximum Gasteiger partial charge on any atom is 0.146 e. The van der Waals surface area contributed by atoms with Gasteiger partial charge in [-0.15, -0.1) is 0 Å². The molecule has 5 rings (SSSR count). The Balaban J connectivity index is 1.76. The lowest BCUT2D eigenvalue weighted by molar-refractivity contribution is 1.26. The third-order valence-electron chi connectivity index (χ3n) is 3.68. The van der Waals surface area contributed by atoms with Crippen LogP contribution in [-0.2, 0) is 0 Å². The fourth-order valence-electron chi connectivity index (χ4n) is 2.59. The van der Waals surface area contributed by atoms with Gasteiger partial charge in [0.05, 0.1) is 17.4 Å². The number of rotatable bonds is 1. The Morgan fingerprint density at radius 2 is 1.57 bits per heavy atom. The van der Waals surface area contributed by atoms with Crippen molar-refractivity contribution in [1.29, 1.82) is 0 Å². The van der Waals surface area contributed by atoms with Crippen LogP contribution < -0.4 is 0 Å². The number of benzene rings is 1. The molecular weight excluding hydrogens is 306 g/mol. The van der Waals surface area contributed by atoms with E-state index in [2.05, 4.69) is 26.0 Å². The topological polar surface area (TPSA) is 64.5 Å². The quantitative estimate of drug-likeness (QED) is 0.470. The van der Waals surface area contributed by atoms with Crippen LogP contribution in [0.25, 0.3) is 43.0 Å². The summed E-state index contributed by atoms with van der Waals surface area (Å²) in [6, 6.07) is 12.0. The Morgan fingerprint density at radius 3 is 2.57 bits per heavy atom. The van der Waals surface area contributed by atoms with Crippen LogP contribution in [0.4, 0.5) is 0 Å². The zero-order valence-corrected chi connectivity index (χ0v) is 12.7. The lowest BCUT2D eigenvalue weighted by Gasteiger charge is -2.02. The highest BCUT2D eigenvalue weighted by Crippen LogP contribution is 2.29. The number of hydrogen-bond acceptors (Lipinski definition) is 6. The average Bonchev–Trinajstić information content (AvgIpc) is 2.99. The Labute approximate surface area is 134 Å². The van der Waals surface area contributed by atoms with E-state index >= 15 is 0 Å². The van der Waals surface area contributed by atoms with Crippen LogP contribution in [-0.4, -0.2) is 24.9 Å². The van der Waals surface area contributed by atoms with E-state index < -0.39 is 0 Å². The van der Waals surface area contributed by atoms with E-state index in [1.807, 2.05) is 30.3 Å². The molecule has 23 heavy (non-hydrogen) atoms. The van der Waals surface area contributed by atoms with Crippen LogP contribution >= 0.6 is 11.3 Å². The minimum absolute atomic E-state index is 0.744. The second kappa shape index (κ2) is 4.76. The van der Waals surface area contributed by atoms with Gasteiger partial charge in [0, 0.05) is 17.8 Å². The summed E-state index contributed by atoms with van der Waals surface area (Å²) in [6.45, 7) is 0. The van der Waals surface area contributed by atoms with Crippen LogP contribution in [0.1, 0.15) is 0 Å². The van der Waals surface area contributed by atoms with Gasteiger partial charge >= 0.3 is 0 Å². The summed E-state index contributed by atoms with van der Waals surface area (Å²) < 4.78 is 0. The fraction of sp³-hybridized carbons (Fsp3) is 0. The van der Waals surface area contributed by atoms with Gasteiger partial charge in [0.1, 0.15) is 26.4 Å². The van der Waals surface area contributed by atoms with Crippen molar-refractivity contribution in [2.75, 3.05) is 0 Å². The molecule has 6 heteroatoms. The standard InChI is InChI=1S/C17H9N5S/c1-2-4-11-10(3-1)5-6-12(21-11)13-9-20-17-15(22-13)14-16(23-17)19-8-7-18-14/h1-9H. The molecule has 0 spiro atoms. The summed E-state index contributed by atoms with van der Waals surface area (Å²) in [7, 11) is 0. The second-order valence-corrected chi connectivity index (χ2v) is 6.09. The predicted octanol–water partition coefficient (Wildman–Crippen LogP) is 3.85. The summed E-state index contributed by atoms with van der Waals surface area (Å²) in [6.07, 6.45) is 5.12. The van der Waals surface area contributed by atoms with E-state index in [-0.39, 0.29) is 0 Å². The maximum atomic E-state index is 4.72. The van der Waals surface area contributed by atoms with Gasteiger partial charge in [0.2, 0.25) is 0 Å². The predicted molar refractivity (Wildman–Crippen MR) is 91.2 cm³/mol. The first-order valence-corrected chi connectivity index (χ1v) is 7.92. The number of aromatic nitrogens is 5. The minimum Gasteiger partial charge on any atom is -0.250 e. The Morgan fingerprint density at radius 1 is 0.696 bits per heavy atom. The largest absolute Gasteiger partial charge is 0.250 e. The van der Waals surface area contributed by atoms with Crippen LogP contribution in [0.2, 0.25) is 0 Å². The van der Waals surface area contributed by atoms with Crippen molar-refractivity contribution in [1.82, 2.24) is 24.9 Å². The molecule has 1 aromatic carbocycles. The molecule has 0 aliphatic rings. The van der Waals surface area contributed by atoms with E-state index in [4.69, 9.17) is 4.98 Å². The van der Waals surface area contributed by atoms with Crippen molar-refractivity contribution in [2.45, 2.75) is 0 Å². The van der Waals surface area contributed by atoms with Crippen molar-refractivity contribution in [3.63, 3.8) is 0 Å². The molecular formula is C17H9N5S. The van der Waals surface area contributed by atoms with Crippen molar-refractivity contribution in [3.8, 4) is 11.4 Å². The van der Waals surface area contributed by atoms with Gasteiger partial charge in [-0.1, -0.05) is 35.6 Å². The molecule has 0 atom stereocenters. The molecule has 0 radical (unpaired) electrons. The van der Waals surface area contributed by atoms with Crippen molar-refractivity contribution in [2.24, 2.45) is 0 Å². The Kier molecular flexibility index (Phi) is 2.59. The summed E-state index contributed by atoms with van der Waals surface area (Å²) in [5, 5.41) is 1.11. The molecule has 0 unspecified atom stereocenters. The van der Waals surface area contributed by atoms with Gasteiger partial charge in [0.25, 0.3) is 0 Å². The summed E-state index contributed by atoms with van der Waals surface area (Å²) in [5.74, 6) is 0. The van der Waals surface area contributed by atoms with Gasteiger partial charge in [-0.3, -0.25) is 0 Å². The lowest BCUT2D eigenvalue weighted by Crippen LogP contribution is -1.90. The third-order valence-corrected chi connectivity index (χ3v) is 4.67.